The van der Waals surface area contributed by atoms with Gasteiger partial charge in [-0.2, -0.15) is 0 Å². The Morgan fingerprint density at radius 3 is 2.06 bits per heavy atom. The quantitative estimate of drug-likeness (QED) is 0.178. The van der Waals surface area contributed by atoms with Crippen LogP contribution in [0.15, 0.2) is 12.1 Å². The Kier molecular flexibility index (Phi) is 10.4. The van der Waals surface area contributed by atoms with Gasteiger partial charge in [0.15, 0.2) is 17.4 Å². The van der Waals surface area contributed by atoms with Gasteiger partial charge in [-0.3, -0.25) is 0 Å². The van der Waals surface area contributed by atoms with Gasteiger partial charge in [0, 0.05) is 8.80 Å². The third-order valence-electron chi connectivity index (χ3n) is 7.86. The maximum atomic E-state index is 14.2. The number of benzene rings is 1. The van der Waals surface area contributed by atoms with Gasteiger partial charge < -0.3 is 4.74 Å². The molecular weight excluding hydrogens is 432 g/mol. The van der Waals surface area contributed by atoms with Crippen molar-refractivity contribution in [2.45, 2.75) is 108 Å². The molecule has 1 aliphatic carbocycles. The molecule has 0 aromatic heterocycles. The predicted octanol–water partition coefficient (Wildman–Crippen LogP) is 8.49. The van der Waals surface area contributed by atoms with Crippen molar-refractivity contribution in [3.05, 3.63) is 29.3 Å². The first-order valence-electron chi connectivity index (χ1n) is 12.9. The molecule has 1 saturated carbocycles. The number of hydrogen-bond donors (Lipinski definition) is 0. The summed E-state index contributed by atoms with van der Waals surface area (Å²) >= 11 is 0. The van der Waals surface area contributed by atoms with E-state index in [9.17, 15) is 17.6 Å². The lowest BCUT2D eigenvalue weighted by Crippen LogP contribution is -2.22. The van der Waals surface area contributed by atoms with E-state index in [0.717, 1.165) is 37.5 Å². The van der Waals surface area contributed by atoms with Crippen LogP contribution in [0.4, 0.5) is 17.6 Å². The zero-order chi connectivity index (χ0) is 22.9. The number of hydrogen-bond acceptors (Lipinski definition) is 1. The largest absolute Gasteiger partial charge is 0.482 e. The average molecular weight is 473 g/mol. The Balaban J connectivity index is 1.38. The van der Waals surface area contributed by atoms with Gasteiger partial charge in [0.05, 0.1) is 0 Å². The smallest absolute Gasteiger partial charge is 0.272 e. The highest BCUT2D eigenvalue weighted by molar-refractivity contribution is 6.58. The Bertz CT molecular complexity index is 659. The third kappa shape index (κ3) is 7.77. The molecular formula is C26H40F4OSi. The van der Waals surface area contributed by atoms with E-state index in [-0.39, 0.29) is 5.92 Å². The van der Waals surface area contributed by atoms with Crippen molar-refractivity contribution in [2.75, 3.05) is 6.61 Å². The number of halogens is 4. The van der Waals surface area contributed by atoms with E-state index in [4.69, 9.17) is 0 Å². The van der Waals surface area contributed by atoms with Gasteiger partial charge in [-0.05, 0) is 61.1 Å². The molecule has 1 aliphatic heterocycles. The molecule has 0 radical (unpaired) electrons. The van der Waals surface area contributed by atoms with E-state index in [1.165, 1.54) is 57.1 Å². The van der Waals surface area contributed by atoms with Crippen LogP contribution < -0.4 is 4.74 Å². The van der Waals surface area contributed by atoms with Crippen molar-refractivity contribution in [2.24, 2.45) is 11.8 Å². The maximum Gasteiger partial charge on any atom is 0.272 e. The minimum atomic E-state index is -2.76. The van der Waals surface area contributed by atoms with E-state index in [1.807, 2.05) is 0 Å². The van der Waals surface area contributed by atoms with Crippen LogP contribution in [-0.2, 0) is 0 Å². The molecule has 6 heteroatoms. The van der Waals surface area contributed by atoms with Gasteiger partial charge in [0.1, 0.15) is 6.61 Å². The van der Waals surface area contributed by atoms with Crippen molar-refractivity contribution < 1.29 is 22.3 Å². The van der Waals surface area contributed by atoms with Crippen LogP contribution >= 0.6 is 0 Å². The van der Waals surface area contributed by atoms with Crippen LogP contribution in [0.1, 0.15) is 89.0 Å². The summed E-state index contributed by atoms with van der Waals surface area (Å²) in [6.45, 7) is 1.29. The Labute approximate surface area is 192 Å². The van der Waals surface area contributed by atoms with E-state index in [1.54, 1.807) is 18.1 Å². The minimum absolute atomic E-state index is 0.143. The molecule has 0 bridgehead atoms. The monoisotopic (exact) mass is 472 g/mol. The molecule has 0 unspecified atom stereocenters. The summed E-state index contributed by atoms with van der Waals surface area (Å²) in [6, 6.07) is 7.21. The van der Waals surface area contributed by atoms with Gasteiger partial charge in [-0.15, -0.1) is 0 Å². The van der Waals surface area contributed by atoms with Gasteiger partial charge >= 0.3 is 0 Å². The zero-order valence-electron chi connectivity index (χ0n) is 19.6. The van der Waals surface area contributed by atoms with Gasteiger partial charge in [0.25, 0.3) is 6.43 Å². The van der Waals surface area contributed by atoms with Crippen molar-refractivity contribution in [1.82, 2.24) is 0 Å². The fourth-order valence-corrected chi connectivity index (χ4v) is 9.46. The normalized spacial score (nSPS) is 26.4. The molecule has 3 rings (SSSR count). The van der Waals surface area contributed by atoms with Gasteiger partial charge in [0.2, 0.25) is 0 Å². The molecule has 182 valence electrons. The minimum Gasteiger partial charge on any atom is -0.482 e. The molecule has 0 atom stereocenters. The second kappa shape index (κ2) is 13.0. The Hall–Kier alpha value is -1.04. The van der Waals surface area contributed by atoms with Crippen LogP contribution in [0.3, 0.4) is 0 Å². The molecule has 0 N–H and O–H groups in total. The van der Waals surface area contributed by atoms with E-state index >= 15 is 0 Å². The molecule has 1 aromatic carbocycles. The molecule has 0 amide bonds. The summed E-state index contributed by atoms with van der Waals surface area (Å²) in [5.41, 5.74) is 0.634. The number of unbranched alkanes of at least 4 members (excludes halogenated alkanes) is 2. The van der Waals surface area contributed by atoms with Crippen LogP contribution in [0.5, 0.6) is 5.75 Å². The lowest BCUT2D eigenvalue weighted by atomic mass is 9.76. The van der Waals surface area contributed by atoms with Crippen LogP contribution in [-0.4, -0.2) is 21.8 Å². The fraction of sp³-hybridized carbons (Fsp3) is 0.769. The second-order valence-corrected chi connectivity index (χ2v) is 13.7. The first kappa shape index (κ1) is 25.6. The lowest BCUT2D eigenvalue weighted by Gasteiger charge is -2.32. The number of rotatable bonds is 11. The summed E-state index contributed by atoms with van der Waals surface area (Å²) in [5.74, 6) is -0.649. The summed E-state index contributed by atoms with van der Waals surface area (Å²) in [5, 5.41) is 0. The van der Waals surface area contributed by atoms with Crippen molar-refractivity contribution >= 4 is 8.80 Å². The Morgan fingerprint density at radius 1 is 0.906 bits per heavy atom. The SMILES string of the molecule is CCCCC[SiH]1CCC(CC[C@H]2CC[C@H](c3cc(F)c(OCC(F)F)c(F)c3)CC2)CC1. The Morgan fingerprint density at radius 2 is 1.50 bits per heavy atom. The molecule has 2 aliphatic rings. The zero-order valence-corrected chi connectivity index (χ0v) is 20.7. The molecule has 32 heavy (non-hydrogen) atoms. The molecule has 2 fully saturated rings. The van der Waals surface area contributed by atoms with Crippen molar-refractivity contribution in [1.29, 1.82) is 0 Å². The first-order valence-corrected chi connectivity index (χ1v) is 15.3. The highest BCUT2D eigenvalue weighted by atomic mass is 28.3. The van der Waals surface area contributed by atoms with E-state index in [0.29, 0.717) is 5.56 Å². The summed E-state index contributed by atoms with van der Waals surface area (Å²) in [6.07, 6.45) is 11.1. The molecule has 0 spiro atoms. The van der Waals surface area contributed by atoms with Gasteiger partial charge in [-0.1, -0.05) is 70.0 Å². The van der Waals surface area contributed by atoms with E-state index in [2.05, 4.69) is 11.7 Å². The van der Waals surface area contributed by atoms with Crippen molar-refractivity contribution in [3.63, 3.8) is 0 Å². The molecule has 1 nitrogen and oxygen atoms in total. The molecule has 1 heterocycles. The third-order valence-corrected chi connectivity index (χ3v) is 11.4. The summed E-state index contributed by atoms with van der Waals surface area (Å²) in [4.78, 5) is 0. The first-order chi connectivity index (χ1) is 15.5. The standard InChI is InChI=1S/C26H40F4OSi/c1-2-3-4-13-32-14-11-20(12-15-32)6-5-19-7-9-21(10-8-19)22-16-23(27)26(24(28)17-22)31-18-25(29)30/h16-17,19-21,25,32H,2-15,18H2,1H3/t19-,20?,21-,32?. The molecule has 1 aromatic rings. The average Bonchev–Trinajstić information content (AvgIpc) is 2.78. The van der Waals surface area contributed by atoms with Crippen LogP contribution in [0, 0.1) is 23.5 Å². The fourth-order valence-electron chi connectivity index (χ4n) is 5.85. The highest BCUT2D eigenvalue weighted by Gasteiger charge is 2.27. The topological polar surface area (TPSA) is 9.23 Å². The molecule has 1 saturated heterocycles. The predicted molar refractivity (Wildman–Crippen MR) is 126 cm³/mol. The summed E-state index contributed by atoms with van der Waals surface area (Å²) < 4.78 is 57.6. The van der Waals surface area contributed by atoms with E-state index < -0.39 is 39.2 Å². The second-order valence-electron chi connectivity index (χ2n) is 10.2. The van der Waals surface area contributed by atoms with Crippen molar-refractivity contribution in [3.8, 4) is 5.75 Å². The maximum absolute atomic E-state index is 14.2. The lowest BCUT2D eigenvalue weighted by molar-refractivity contribution is 0.0777. The summed E-state index contributed by atoms with van der Waals surface area (Å²) in [7, 11) is -0.428. The number of ether oxygens (including phenoxy) is 1. The van der Waals surface area contributed by atoms with Crippen LogP contribution in [0.2, 0.25) is 18.1 Å². The highest BCUT2D eigenvalue weighted by Crippen LogP contribution is 2.41. The van der Waals surface area contributed by atoms with Crippen LogP contribution in [0.25, 0.3) is 0 Å². The van der Waals surface area contributed by atoms with Gasteiger partial charge in [-0.25, -0.2) is 17.6 Å². The number of alkyl halides is 2.